The molecule has 2 aromatic rings. The fourth-order valence-electron chi connectivity index (χ4n) is 2.06. The minimum atomic E-state index is -0.435. The van der Waals surface area contributed by atoms with Crippen LogP contribution in [0.25, 0.3) is 0 Å². The zero-order valence-electron chi connectivity index (χ0n) is 11.9. The number of rotatable bonds is 5. The van der Waals surface area contributed by atoms with E-state index >= 15 is 0 Å². The van der Waals surface area contributed by atoms with E-state index in [0.717, 1.165) is 11.1 Å². The highest BCUT2D eigenvalue weighted by Gasteiger charge is 2.13. The molecular formula is C17H14Cl2O3. The van der Waals surface area contributed by atoms with Crippen molar-refractivity contribution in [3.8, 4) is 0 Å². The molecule has 0 amide bonds. The number of ketones is 1. The summed E-state index contributed by atoms with van der Waals surface area (Å²) in [7, 11) is 1.31. The third-order valence-electron chi connectivity index (χ3n) is 3.32. The lowest BCUT2D eigenvalue weighted by atomic mass is 9.98. The second-order valence-electron chi connectivity index (χ2n) is 4.65. The number of ether oxygens (including phenoxy) is 1. The first-order valence-corrected chi connectivity index (χ1v) is 7.64. The summed E-state index contributed by atoms with van der Waals surface area (Å²) in [6.45, 7) is 0. The van der Waals surface area contributed by atoms with Gasteiger partial charge in [0.05, 0.1) is 12.7 Å². The van der Waals surface area contributed by atoms with Crippen LogP contribution >= 0.6 is 23.2 Å². The summed E-state index contributed by atoms with van der Waals surface area (Å²) in [4.78, 5) is 23.9. The Morgan fingerprint density at radius 3 is 1.95 bits per heavy atom. The molecule has 2 rings (SSSR count). The van der Waals surface area contributed by atoms with Gasteiger partial charge in [-0.15, -0.1) is 23.2 Å². The Bertz CT molecular complexity index is 694. The van der Waals surface area contributed by atoms with Crippen molar-refractivity contribution in [3.63, 3.8) is 0 Å². The minimum Gasteiger partial charge on any atom is -0.465 e. The molecule has 0 aliphatic carbocycles. The van der Waals surface area contributed by atoms with Crippen LogP contribution < -0.4 is 0 Å². The topological polar surface area (TPSA) is 43.4 Å². The van der Waals surface area contributed by atoms with E-state index in [1.165, 1.54) is 7.11 Å². The van der Waals surface area contributed by atoms with Gasteiger partial charge in [0, 0.05) is 22.9 Å². The summed E-state index contributed by atoms with van der Waals surface area (Å²) < 4.78 is 4.63. The molecule has 0 N–H and O–H groups in total. The number of benzene rings is 2. The molecule has 114 valence electrons. The Morgan fingerprint density at radius 1 is 0.864 bits per heavy atom. The van der Waals surface area contributed by atoms with Gasteiger partial charge >= 0.3 is 5.97 Å². The van der Waals surface area contributed by atoms with Crippen LogP contribution in [0.2, 0.25) is 0 Å². The molecule has 0 spiro atoms. The fraction of sp³-hybridized carbons (Fsp3) is 0.176. The molecule has 0 heterocycles. The number of hydrogen-bond acceptors (Lipinski definition) is 3. The van der Waals surface area contributed by atoms with Crippen LogP contribution in [-0.2, 0) is 16.5 Å². The van der Waals surface area contributed by atoms with E-state index in [-0.39, 0.29) is 5.78 Å². The fourth-order valence-corrected chi connectivity index (χ4v) is 2.57. The molecule has 0 bridgehead atoms. The highest BCUT2D eigenvalue weighted by molar-refractivity contribution is 6.19. The Hall–Kier alpha value is -1.84. The van der Waals surface area contributed by atoms with Crippen molar-refractivity contribution in [1.29, 1.82) is 0 Å². The van der Waals surface area contributed by atoms with Crippen LogP contribution in [0, 0.1) is 0 Å². The maximum Gasteiger partial charge on any atom is 0.337 e. The van der Waals surface area contributed by atoms with Crippen LogP contribution in [-0.4, -0.2) is 18.9 Å². The molecule has 0 fully saturated rings. The van der Waals surface area contributed by atoms with Crippen LogP contribution in [0.1, 0.15) is 37.4 Å². The van der Waals surface area contributed by atoms with E-state index < -0.39 is 5.97 Å². The summed E-state index contributed by atoms with van der Waals surface area (Å²) in [6.07, 6.45) is 0. The highest BCUT2D eigenvalue weighted by Crippen LogP contribution is 2.19. The van der Waals surface area contributed by atoms with Crippen LogP contribution in [0.15, 0.2) is 42.5 Å². The van der Waals surface area contributed by atoms with Gasteiger partial charge < -0.3 is 4.74 Å². The molecular weight excluding hydrogens is 323 g/mol. The van der Waals surface area contributed by atoms with Gasteiger partial charge in [-0.25, -0.2) is 4.79 Å². The van der Waals surface area contributed by atoms with E-state index in [0.29, 0.717) is 28.5 Å². The maximum atomic E-state index is 12.5. The first kappa shape index (κ1) is 16.5. The third kappa shape index (κ3) is 3.49. The number of halogens is 2. The van der Waals surface area contributed by atoms with Gasteiger partial charge in [0.25, 0.3) is 0 Å². The van der Waals surface area contributed by atoms with Gasteiger partial charge in [0.1, 0.15) is 0 Å². The van der Waals surface area contributed by atoms with E-state index in [1.54, 1.807) is 42.5 Å². The largest absolute Gasteiger partial charge is 0.465 e. The molecule has 0 saturated carbocycles. The van der Waals surface area contributed by atoms with Crippen LogP contribution in [0.3, 0.4) is 0 Å². The second kappa shape index (κ2) is 7.43. The molecule has 0 aliphatic heterocycles. The van der Waals surface area contributed by atoms with Crippen molar-refractivity contribution in [1.82, 2.24) is 0 Å². The Balaban J connectivity index is 2.30. The highest BCUT2D eigenvalue weighted by atomic mass is 35.5. The lowest BCUT2D eigenvalue weighted by molar-refractivity contribution is 0.0600. The average Bonchev–Trinajstić information content (AvgIpc) is 2.59. The molecule has 0 saturated heterocycles. The van der Waals surface area contributed by atoms with Crippen molar-refractivity contribution >= 4 is 35.0 Å². The number of alkyl halides is 2. The van der Waals surface area contributed by atoms with Crippen LogP contribution in [0.4, 0.5) is 0 Å². The van der Waals surface area contributed by atoms with Gasteiger partial charge in [0.15, 0.2) is 5.78 Å². The molecule has 22 heavy (non-hydrogen) atoms. The summed E-state index contributed by atoms with van der Waals surface area (Å²) in [6, 6.07) is 11.6. The summed E-state index contributed by atoms with van der Waals surface area (Å²) in [5.41, 5.74) is 3.18. The van der Waals surface area contributed by atoms with Gasteiger partial charge in [0.2, 0.25) is 0 Å². The first-order chi connectivity index (χ1) is 10.6. The van der Waals surface area contributed by atoms with E-state index in [2.05, 4.69) is 4.74 Å². The monoisotopic (exact) mass is 336 g/mol. The van der Waals surface area contributed by atoms with Crippen molar-refractivity contribution in [2.24, 2.45) is 0 Å². The van der Waals surface area contributed by atoms with Gasteiger partial charge in [-0.2, -0.15) is 0 Å². The molecule has 5 heteroatoms. The van der Waals surface area contributed by atoms with E-state index in [9.17, 15) is 9.59 Å². The SMILES string of the molecule is COC(=O)c1ccc(C(=O)c2ccc(CCl)c(CCl)c2)cc1. The number of hydrogen-bond donors (Lipinski definition) is 0. The van der Waals surface area contributed by atoms with Crippen molar-refractivity contribution in [3.05, 3.63) is 70.3 Å². The number of methoxy groups -OCH3 is 1. The van der Waals surface area contributed by atoms with Gasteiger partial charge in [-0.3, -0.25) is 4.79 Å². The van der Waals surface area contributed by atoms with Crippen molar-refractivity contribution in [2.45, 2.75) is 11.8 Å². The summed E-state index contributed by atoms with van der Waals surface area (Å²) in [5, 5.41) is 0. The van der Waals surface area contributed by atoms with E-state index in [1.807, 2.05) is 0 Å². The molecule has 0 unspecified atom stereocenters. The third-order valence-corrected chi connectivity index (χ3v) is 3.90. The van der Waals surface area contributed by atoms with Crippen molar-refractivity contribution in [2.75, 3.05) is 7.11 Å². The molecule has 0 aliphatic rings. The number of carbonyl (C=O) groups excluding carboxylic acids is 2. The molecule has 3 nitrogen and oxygen atoms in total. The summed E-state index contributed by atoms with van der Waals surface area (Å²) >= 11 is 11.7. The molecule has 0 aromatic heterocycles. The molecule has 0 atom stereocenters. The quantitative estimate of drug-likeness (QED) is 0.467. The molecule has 2 aromatic carbocycles. The maximum absolute atomic E-state index is 12.5. The Kier molecular flexibility index (Phi) is 5.58. The van der Waals surface area contributed by atoms with Gasteiger partial charge in [-0.05, 0) is 29.3 Å². The van der Waals surface area contributed by atoms with Crippen molar-refractivity contribution < 1.29 is 14.3 Å². The first-order valence-electron chi connectivity index (χ1n) is 6.57. The zero-order chi connectivity index (χ0) is 16.1. The van der Waals surface area contributed by atoms with Gasteiger partial charge in [-0.1, -0.05) is 24.3 Å². The number of esters is 1. The van der Waals surface area contributed by atoms with E-state index in [4.69, 9.17) is 23.2 Å². The Morgan fingerprint density at radius 2 is 1.41 bits per heavy atom. The minimum absolute atomic E-state index is 0.135. The standard InChI is InChI=1S/C17H14Cl2O3/c1-22-17(21)12-4-2-11(3-5-12)16(20)13-6-7-14(9-18)15(8-13)10-19/h2-8H,9-10H2,1H3. The predicted molar refractivity (Wildman–Crippen MR) is 86.8 cm³/mol. The Labute approximate surface area is 138 Å². The average molecular weight is 337 g/mol. The number of carbonyl (C=O) groups is 2. The second-order valence-corrected chi connectivity index (χ2v) is 5.18. The summed E-state index contributed by atoms with van der Waals surface area (Å²) in [5.74, 6) is 0.0771. The van der Waals surface area contributed by atoms with Crippen LogP contribution in [0.5, 0.6) is 0 Å². The molecule has 0 radical (unpaired) electrons. The lowest BCUT2D eigenvalue weighted by Gasteiger charge is -2.08. The smallest absolute Gasteiger partial charge is 0.337 e. The normalized spacial score (nSPS) is 10.3. The predicted octanol–water partition coefficient (Wildman–Crippen LogP) is 4.18. The lowest BCUT2D eigenvalue weighted by Crippen LogP contribution is -2.05. The zero-order valence-corrected chi connectivity index (χ0v) is 13.4.